The van der Waals surface area contributed by atoms with Crippen LogP contribution in [0.2, 0.25) is 0 Å². The number of esters is 1. The molecule has 0 aliphatic carbocycles. The molecule has 68 valence electrons. The third-order valence-corrected chi connectivity index (χ3v) is 1.29. The van der Waals surface area contributed by atoms with E-state index in [0.717, 1.165) is 7.11 Å². The molecule has 0 aromatic heterocycles. The minimum absolute atomic E-state index is 0.559. The van der Waals surface area contributed by atoms with E-state index in [0.29, 0.717) is 0 Å². The number of methoxy groups -OCH3 is 1. The molecule has 0 amide bonds. The van der Waals surface area contributed by atoms with Crippen LogP contribution in [-0.4, -0.2) is 30.2 Å². The maximum atomic E-state index is 11.3. The number of hydrogen-bond donors (Lipinski definition) is 2. The fourth-order valence-corrected chi connectivity index (χ4v) is 0.691. The van der Waals surface area contributed by atoms with Gasteiger partial charge in [-0.15, -0.1) is 0 Å². The highest BCUT2D eigenvalue weighted by Gasteiger charge is 2.13. The Labute approximate surface area is 81.5 Å². The van der Waals surface area contributed by atoms with Crippen molar-refractivity contribution in [2.24, 2.45) is 0 Å². The highest BCUT2D eigenvalue weighted by atomic mass is 16.5. The smallest absolute Gasteiger partial charge is 0.465 e. The van der Waals surface area contributed by atoms with Crippen LogP contribution in [0.15, 0.2) is 24.2 Å². The summed E-state index contributed by atoms with van der Waals surface area (Å²) < 4.78 is 34.1. The van der Waals surface area contributed by atoms with Crippen molar-refractivity contribution in [2.75, 3.05) is 7.11 Å². The summed E-state index contributed by atoms with van der Waals surface area (Å²) in [6, 6.07) is -2.65. The SMILES string of the molecule is [2H]c1c([2H])c(B(O)O)c([2H])c(C(=O)OC)c1[2H]. The van der Waals surface area contributed by atoms with E-state index in [9.17, 15) is 4.79 Å². The molecule has 5 heteroatoms. The Balaban J connectivity index is 3.68. The van der Waals surface area contributed by atoms with Gasteiger partial charge in [0.2, 0.25) is 0 Å². The summed E-state index contributed by atoms with van der Waals surface area (Å²) in [4.78, 5) is 11.3. The van der Waals surface area contributed by atoms with Gasteiger partial charge in [-0.1, -0.05) is 12.1 Å². The number of hydrogen-bond acceptors (Lipinski definition) is 4. The number of ether oxygens (including phenoxy) is 1. The molecule has 0 atom stereocenters. The van der Waals surface area contributed by atoms with E-state index in [2.05, 4.69) is 4.74 Å². The number of carbonyl (C=O) groups excluding carboxylic acids is 1. The monoisotopic (exact) mass is 184 g/mol. The molecule has 0 aliphatic heterocycles. The van der Waals surface area contributed by atoms with Crippen molar-refractivity contribution in [2.45, 2.75) is 0 Å². The Kier molecular flexibility index (Phi) is 1.69. The van der Waals surface area contributed by atoms with E-state index in [-0.39, 0.29) is 0 Å². The first-order valence-electron chi connectivity index (χ1n) is 5.37. The molecule has 0 saturated carbocycles. The maximum Gasteiger partial charge on any atom is 0.488 e. The zero-order valence-electron chi connectivity index (χ0n) is 10.8. The minimum atomic E-state index is -2.16. The van der Waals surface area contributed by atoms with Crippen molar-refractivity contribution < 1.29 is 25.1 Å². The van der Waals surface area contributed by atoms with E-state index in [4.69, 9.17) is 15.5 Å². The van der Waals surface area contributed by atoms with Gasteiger partial charge in [0.05, 0.1) is 18.2 Å². The summed E-state index contributed by atoms with van der Waals surface area (Å²) in [7, 11) is -1.13. The number of carbonyl (C=O) groups is 1. The quantitative estimate of drug-likeness (QED) is 0.464. The normalized spacial score (nSPS) is 13.8. The fourth-order valence-electron chi connectivity index (χ4n) is 0.691. The van der Waals surface area contributed by atoms with E-state index < -0.39 is 48.3 Å². The molecule has 0 heterocycles. The molecule has 13 heavy (non-hydrogen) atoms. The van der Waals surface area contributed by atoms with E-state index in [1.807, 2.05) is 0 Å². The van der Waals surface area contributed by atoms with E-state index in [1.54, 1.807) is 0 Å². The van der Waals surface area contributed by atoms with Crippen molar-refractivity contribution >= 4 is 18.6 Å². The van der Waals surface area contributed by atoms with Gasteiger partial charge in [-0.05, 0) is 17.5 Å². The van der Waals surface area contributed by atoms with Crippen molar-refractivity contribution in [3.05, 3.63) is 29.7 Å². The number of benzene rings is 1. The molecular weight excluding hydrogens is 171 g/mol. The average molecular weight is 184 g/mol. The van der Waals surface area contributed by atoms with Gasteiger partial charge in [-0.3, -0.25) is 0 Å². The molecule has 0 bridgehead atoms. The third-order valence-electron chi connectivity index (χ3n) is 1.29. The van der Waals surface area contributed by atoms with Gasteiger partial charge >= 0.3 is 13.1 Å². The molecule has 0 spiro atoms. The Morgan fingerprint density at radius 1 is 1.62 bits per heavy atom. The zero-order chi connectivity index (χ0) is 13.3. The maximum absolute atomic E-state index is 11.3. The first kappa shape index (κ1) is 5.41. The van der Waals surface area contributed by atoms with Gasteiger partial charge < -0.3 is 14.8 Å². The average Bonchev–Trinajstić information content (AvgIpc) is 2.25. The van der Waals surface area contributed by atoms with E-state index in [1.165, 1.54) is 0 Å². The van der Waals surface area contributed by atoms with Gasteiger partial charge in [-0.2, -0.15) is 0 Å². The lowest BCUT2D eigenvalue weighted by Crippen LogP contribution is -2.30. The standard InChI is InChI=1S/C8H9BO4/c1-13-8(10)6-3-2-4-7(5-6)9(11)12/h2-5,11-12H,1H3/i2D,3D,4D,5D. The summed E-state index contributed by atoms with van der Waals surface area (Å²) >= 11 is 0. The third kappa shape index (κ3) is 2.30. The topological polar surface area (TPSA) is 66.8 Å². The van der Waals surface area contributed by atoms with Gasteiger partial charge in [0.25, 0.3) is 0 Å². The van der Waals surface area contributed by atoms with Gasteiger partial charge in [0.15, 0.2) is 0 Å². The van der Waals surface area contributed by atoms with Crippen LogP contribution in [0.1, 0.15) is 15.8 Å². The molecule has 4 nitrogen and oxygen atoms in total. The van der Waals surface area contributed by atoms with Crippen LogP contribution in [0, 0.1) is 0 Å². The first-order valence-corrected chi connectivity index (χ1v) is 3.37. The first-order chi connectivity index (χ1) is 7.82. The predicted molar refractivity (Wildman–Crippen MR) is 47.6 cm³/mol. The van der Waals surface area contributed by atoms with Crippen LogP contribution in [0.25, 0.3) is 0 Å². The fraction of sp³-hybridized carbons (Fsp3) is 0.125. The van der Waals surface area contributed by atoms with Crippen molar-refractivity contribution in [3.63, 3.8) is 0 Å². The van der Waals surface area contributed by atoms with Crippen LogP contribution >= 0.6 is 0 Å². The molecule has 1 rings (SSSR count). The largest absolute Gasteiger partial charge is 0.488 e. The van der Waals surface area contributed by atoms with Crippen LogP contribution < -0.4 is 5.46 Å². The molecule has 0 radical (unpaired) electrons. The van der Waals surface area contributed by atoms with Gasteiger partial charge in [-0.25, -0.2) is 4.79 Å². The van der Waals surface area contributed by atoms with Crippen molar-refractivity contribution in [1.82, 2.24) is 0 Å². The minimum Gasteiger partial charge on any atom is -0.465 e. The number of rotatable bonds is 2. The highest BCUT2D eigenvalue weighted by Crippen LogP contribution is 1.98. The Bertz CT molecular complexity index is 477. The lowest BCUT2D eigenvalue weighted by molar-refractivity contribution is 0.0601. The second kappa shape index (κ2) is 4.07. The van der Waals surface area contributed by atoms with Gasteiger partial charge in [0, 0.05) is 0 Å². The summed E-state index contributed by atoms with van der Waals surface area (Å²) in [6.07, 6.45) is 0. The zero-order valence-corrected chi connectivity index (χ0v) is 6.79. The second-order valence-electron chi connectivity index (χ2n) is 2.15. The molecule has 1 aromatic carbocycles. The Morgan fingerprint density at radius 3 is 2.85 bits per heavy atom. The molecule has 2 N–H and O–H groups in total. The Morgan fingerprint density at radius 2 is 2.31 bits per heavy atom. The molecule has 0 aliphatic rings. The summed E-state index contributed by atoms with van der Waals surface area (Å²) in [5, 5.41) is 18.0. The molecule has 0 saturated heterocycles. The summed E-state index contributed by atoms with van der Waals surface area (Å²) in [5.74, 6) is -1.03. The van der Waals surface area contributed by atoms with Crippen LogP contribution in [0.3, 0.4) is 0 Å². The molecule has 0 unspecified atom stereocenters. The Hall–Kier alpha value is -1.33. The van der Waals surface area contributed by atoms with Crippen LogP contribution in [0.5, 0.6) is 0 Å². The highest BCUT2D eigenvalue weighted by molar-refractivity contribution is 6.58. The summed E-state index contributed by atoms with van der Waals surface area (Å²) in [5.41, 5.74) is -1.15. The van der Waals surface area contributed by atoms with Gasteiger partial charge in [0.1, 0.15) is 0 Å². The second-order valence-corrected chi connectivity index (χ2v) is 2.15. The van der Waals surface area contributed by atoms with E-state index >= 15 is 0 Å². The van der Waals surface area contributed by atoms with Crippen molar-refractivity contribution in [3.8, 4) is 0 Å². The molecule has 1 aromatic rings. The molecule has 0 fully saturated rings. The lowest BCUT2D eigenvalue weighted by Gasteiger charge is -2.02. The van der Waals surface area contributed by atoms with Crippen LogP contribution in [-0.2, 0) is 4.74 Å². The predicted octanol–water partition coefficient (Wildman–Crippen LogP) is -0.847. The van der Waals surface area contributed by atoms with Crippen LogP contribution in [0.4, 0.5) is 0 Å². The summed E-state index contributed by atoms with van der Waals surface area (Å²) in [6.45, 7) is 0. The van der Waals surface area contributed by atoms with Crippen molar-refractivity contribution in [1.29, 1.82) is 0 Å². The lowest BCUT2D eigenvalue weighted by atomic mass is 9.80. The molecular formula is C8H9BO4.